The number of hydrogen-bond donors (Lipinski definition) is 0. The van der Waals surface area contributed by atoms with Crippen LogP contribution in [-0.4, -0.2) is 40.5 Å². The van der Waals surface area contributed by atoms with Crippen molar-refractivity contribution in [1.29, 1.82) is 0 Å². The topological polar surface area (TPSA) is 81.7 Å². The van der Waals surface area contributed by atoms with Crippen molar-refractivity contribution in [1.82, 2.24) is 14.3 Å². The summed E-state index contributed by atoms with van der Waals surface area (Å²) in [4.78, 5) is 33.8. The molecule has 0 bridgehead atoms. The van der Waals surface area contributed by atoms with Gasteiger partial charge in [-0.1, -0.05) is 23.5 Å². The third-order valence-electron chi connectivity index (χ3n) is 6.09. The van der Waals surface area contributed by atoms with Gasteiger partial charge in [0.1, 0.15) is 0 Å². The predicted molar refractivity (Wildman–Crippen MR) is 134 cm³/mol. The van der Waals surface area contributed by atoms with E-state index >= 15 is 0 Å². The Bertz CT molecular complexity index is 1410. The quantitative estimate of drug-likeness (QED) is 0.487. The summed E-state index contributed by atoms with van der Waals surface area (Å²) < 4.78 is 9.06. The number of aromatic nitrogens is 3. The van der Waals surface area contributed by atoms with Crippen LogP contribution >= 0.6 is 11.3 Å². The number of hydrogen-bond acceptors (Lipinski definition) is 7. The third-order valence-corrected chi connectivity index (χ3v) is 7.08. The number of esters is 1. The average Bonchev–Trinajstić information content (AvgIpc) is 3.42. The summed E-state index contributed by atoms with van der Waals surface area (Å²) in [6.07, 6.45) is 3.55. The van der Waals surface area contributed by atoms with E-state index in [2.05, 4.69) is 28.8 Å². The zero-order chi connectivity index (χ0) is 24.4. The maximum absolute atomic E-state index is 13.6. The Hall–Kier alpha value is -3.46. The van der Waals surface area contributed by atoms with Crippen LogP contribution in [0.1, 0.15) is 45.0 Å². The number of nitrogens with zero attached hydrogens (tertiary/aromatic N) is 5. The summed E-state index contributed by atoms with van der Waals surface area (Å²) in [6.45, 7) is 10.5. The van der Waals surface area contributed by atoms with Crippen molar-refractivity contribution >= 4 is 29.1 Å². The van der Waals surface area contributed by atoms with E-state index in [1.807, 2.05) is 48.0 Å². The molecule has 0 spiro atoms. The van der Waals surface area contributed by atoms with Gasteiger partial charge < -0.3 is 9.64 Å². The van der Waals surface area contributed by atoms with E-state index in [4.69, 9.17) is 4.74 Å². The number of fused-ring (bicyclic) bond motifs is 1. The second kappa shape index (κ2) is 9.80. The fourth-order valence-electron chi connectivity index (χ4n) is 4.33. The molecule has 3 aromatic rings. The smallest absolute Gasteiger partial charge is 0.338 e. The molecule has 1 aliphatic rings. The van der Waals surface area contributed by atoms with Gasteiger partial charge in [0.05, 0.1) is 34.6 Å². The van der Waals surface area contributed by atoms with Crippen molar-refractivity contribution in [2.45, 2.75) is 40.3 Å². The van der Waals surface area contributed by atoms with Gasteiger partial charge in [-0.15, -0.1) is 0 Å². The van der Waals surface area contributed by atoms with Crippen LogP contribution in [0.5, 0.6) is 0 Å². The second-order valence-corrected chi connectivity index (χ2v) is 8.92. The van der Waals surface area contributed by atoms with E-state index in [1.54, 1.807) is 17.7 Å². The molecule has 1 aliphatic heterocycles. The molecule has 0 unspecified atom stereocenters. The van der Waals surface area contributed by atoms with Crippen molar-refractivity contribution in [3.63, 3.8) is 0 Å². The van der Waals surface area contributed by atoms with Crippen LogP contribution < -0.4 is 19.8 Å². The number of thiazole rings is 1. The first-order valence-corrected chi connectivity index (χ1v) is 12.2. The summed E-state index contributed by atoms with van der Waals surface area (Å²) in [5, 5.41) is 4.28. The van der Waals surface area contributed by atoms with Crippen LogP contribution in [0.15, 0.2) is 57.6 Å². The number of aryl methyl sites for hydroxylation is 1. The molecule has 3 heterocycles. The first-order valence-electron chi connectivity index (χ1n) is 11.4. The second-order valence-electron chi connectivity index (χ2n) is 7.91. The standard InChI is InChI=1S/C25H29N5O3S/c1-6-28(7-2)18-11-9-17(10-12-18)22-21(24(32)33-5)16(4)27-25-30(22)23(31)20(34-25)15-19-13-14-26-29(19)8-3/h9-15,22H,6-8H2,1-5H3/b20-15-/t22-/m0/s1. The van der Waals surface area contributed by atoms with Crippen LogP contribution in [0.3, 0.4) is 0 Å². The van der Waals surface area contributed by atoms with Crippen LogP contribution in [-0.2, 0) is 16.1 Å². The van der Waals surface area contributed by atoms with E-state index in [0.29, 0.717) is 27.1 Å². The molecule has 1 aromatic carbocycles. The number of anilines is 1. The Morgan fingerprint density at radius 1 is 1.18 bits per heavy atom. The summed E-state index contributed by atoms with van der Waals surface area (Å²) in [6, 6.07) is 9.26. The Balaban J connectivity index is 1.91. The minimum Gasteiger partial charge on any atom is -0.466 e. The summed E-state index contributed by atoms with van der Waals surface area (Å²) in [5.74, 6) is -0.489. The van der Waals surface area contributed by atoms with Gasteiger partial charge in [-0.3, -0.25) is 14.0 Å². The molecule has 9 heteroatoms. The molecule has 0 saturated carbocycles. The number of benzene rings is 1. The number of ether oxygens (including phenoxy) is 1. The number of methoxy groups -OCH3 is 1. The van der Waals surface area contributed by atoms with Crippen LogP contribution in [0.2, 0.25) is 0 Å². The van der Waals surface area contributed by atoms with Crippen molar-refractivity contribution in [2.24, 2.45) is 4.99 Å². The molecule has 4 rings (SSSR count). The molecular weight excluding hydrogens is 450 g/mol. The Kier molecular flexibility index (Phi) is 6.83. The Labute approximate surface area is 202 Å². The zero-order valence-corrected chi connectivity index (χ0v) is 20.9. The van der Waals surface area contributed by atoms with E-state index < -0.39 is 12.0 Å². The van der Waals surface area contributed by atoms with Crippen molar-refractivity contribution in [3.05, 3.63) is 78.7 Å². The number of allylic oxidation sites excluding steroid dienone is 1. The lowest BCUT2D eigenvalue weighted by Crippen LogP contribution is -2.39. The summed E-state index contributed by atoms with van der Waals surface area (Å²) >= 11 is 1.31. The molecule has 0 amide bonds. The van der Waals surface area contributed by atoms with Gasteiger partial charge in [0, 0.05) is 31.5 Å². The molecule has 0 saturated heterocycles. The highest BCUT2D eigenvalue weighted by Crippen LogP contribution is 2.31. The highest BCUT2D eigenvalue weighted by molar-refractivity contribution is 7.07. The lowest BCUT2D eigenvalue weighted by molar-refractivity contribution is -0.136. The minimum atomic E-state index is -0.618. The maximum atomic E-state index is 13.6. The molecule has 0 fully saturated rings. The van der Waals surface area contributed by atoms with Crippen molar-refractivity contribution < 1.29 is 9.53 Å². The summed E-state index contributed by atoms with van der Waals surface area (Å²) in [7, 11) is 1.35. The average molecular weight is 480 g/mol. The fourth-order valence-corrected chi connectivity index (χ4v) is 5.36. The molecule has 2 aromatic heterocycles. The predicted octanol–water partition coefficient (Wildman–Crippen LogP) is 2.47. The number of carbonyl (C=O) groups is 1. The molecule has 0 aliphatic carbocycles. The SMILES string of the molecule is CCN(CC)c1ccc([C@H]2C(C(=O)OC)=C(C)N=c3s/c(=C\c4ccnn4CC)c(=O)n32)cc1. The van der Waals surface area contributed by atoms with Gasteiger partial charge in [-0.25, -0.2) is 9.79 Å². The van der Waals surface area contributed by atoms with Crippen LogP contribution in [0.4, 0.5) is 5.69 Å². The molecule has 0 radical (unpaired) electrons. The number of rotatable bonds is 7. The van der Waals surface area contributed by atoms with Gasteiger partial charge in [0.2, 0.25) is 0 Å². The summed E-state index contributed by atoms with van der Waals surface area (Å²) in [5.41, 5.74) is 3.49. The number of carbonyl (C=O) groups excluding carboxylic acids is 1. The van der Waals surface area contributed by atoms with Crippen molar-refractivity contribution in [3.8, 4) is 0 Å². The lowest BCUT2D eigenvalue weighted by atomic mass is 9.95. The van der Waals surface area contributed by atoms with Gasteiger partial charge >= 0.3 is 5.97 Å². The highest BCUT2D eigenvalue weighted by Gasteiger charge is 2.33. The van der Waals surface area contributed by atoms with E-state index in [1.165, 1.54) is 18.4 Å². The van der Waals surface area contributed by atoms with E-state index in [-0.39, 0.29) is 5.56 Å². The van der Waals surface area contributed by atoms with Gasteiger partial charge in [-0.2, -0.15) is 5.10 Å². The van der Waals surface area contributed by atoms with E-state index in [0.717, 1.165) is 30.0 Å². The maximum Gasteiger partial charge on any atom is 0.338 e. The van der Waals surface area contributed by atoms with Gasteiger partial charge in [0.25, 0.3) is 5.56 Å². The molecule has 178 valence electrons. The zero-order valence-electron chi connectivity index (χ0n) is 20.1. The first kappa shape index (κ1) is 23.7. The van der Waals surface area contributed by atoms with Gasteiger partial charge in [-0.05, 0) is 57.5 Å². The molecule has 8 nitrogen and oxygen atoms in total. The molecule has 1 atom stereocenters. The first-order chi connectivity index (χ1) is 16.4. The highest BCUT2D eigenvalue weighted by atomic mass is 32.1. The molecular formula is C25H29N5O3S. The van der Waals surface area contributed by atoms with Crippen molar-refractivity contribution in [2.75, 3.05) is 25.1 Å². The van der Waals surface area contributed by atoms with Crippen LogP contribution in [0.25, 0.3) is 6.08 Å². The third kappa shape index (κ3) is 4.11. The largest absolute Gasteiger partial charge is 0.466 e. The molecule has 0 N–H and O–H groups in total. The fraction of sp³-hybridized carbons (Fsp3) is 0.360. The van der Waals surface area contributed by atoms with Crippen LogP contribution in [0, 0.1) is 0 Å². The van der Waals surface area contributed by atoms with Gasteiger partial charge in [0.15, 0.2) is 4.80 Å². The molecule has 34 heavy (non-hydrogen) atoms. The Morgan fingerprint density at radius 2 is 1.88 bits per heavy atom. The van der Waals surface area contributed by atoms with E-state index in [9.17, 15) is 9.59 Å². The normalized spacial score (nSPS) is 15.8. The minimum absolute atomic E-state index is 0.195. The monoisotopic (exact) mass is 479 g/mol. The Morgan fingerprint density at radius 3 is 2.50 bits per heavy atom. The lowest BCUT2D eigenvalue weighted by Gasteiger charge is -2.26.